The molecule has 16 heavy (non-hydrogen) atoms. The van der Waals surface area contributed by atoms with Crippen LogP contribution < -0.4 is 5.56 Å². The van der Waals surface area contributed by atoms with E-state index in [1.54, 1.807) is 6.07 Å². The number of nitriles is 1. The van der Waals surface area contributed by atoms with Gasteiger partial charge in [-0.05, 0) is 11.6 Å². The minimum atomic E-state index is -0.990. The van der Waals surface area contributed by atoms with E-state index in [2.05, 4.69) is 4.98 Å². The van der Waals surface area contributed by atoms with E-state index in [0.29, 0.717) is 18.5 Å². The lowest BCUT2D eigenvalue weighted by molar-refractivity contribution is 0.139. The summed E-state index contributed by atoms with van der Waals surface area (Å²) in [6.07, 6.45) is -0.516. The Kier molecular flexibility index (Phi) is 2.37. The third kappa shape index (κ3) is 1.63. The summed E-state index contributed by atoms with van der Waals surface area (Å²) in [6.45, 7) is 0.584. The van der Waals surface area contributed by atoms with Crippen molar-refractivity contribution in [3.05, 3.63) is 33.2 Å². The van der Waals surface area contributed by atoms with Crippen LogP contribution in [-0.4, -0.2) is 27.6 Å². The molecular weight excluding hydrogens is 210 g/mol. The lowest BCUT2D eigenvalue weighted by atomic mass is 10.0. The minimum absolute atomic E-state index is 0.0194. The molecule has 1 aliphatic rings. The van der Waals surface area contributed by atoms with Gasteiger partial charge in [-0.1, -0.05) is 0 Å². The molecule has 0 radical (unpaired) electrons. The maximum atomic E-state index is 11.3. The fourth-order valence-corrected chi connectivity index (χ4v) is 1.75. The van der Waals surface area contributed by atoms with Crippen molar-refractivity contribution < 1.29 is 9.90 Å². The zero-order chi connectivity index (χ0) is 11.7. The van der Waals surface area contributed by atoms with Crippen molar-refractivity contribution in [1.29, 1.82) is 5.26 Å². The van der Waals surface area contributed by atoms with E-state index in [9.17, 15) is 9.59 Å². The van der Waals surface area contributed by atoms with Crippen LogP contribution in [0.25, 0.3) is 0 Å². The van der Waals surface area contributed by atoms with Crippen LogP contribution in [0, 0.1) is 11.3 Å². The average Bonchev–Trinajstić information content (AvgIpc) is 2.27. The van der Waals surface area contributed by atoms with Crippen LogP contribution in [0.3, 0.4) is 0 Å². The number of hydrogen-bond acceptors (Lipinski definition) is 3. The van der Waals surface area contributed by atoms with Crippen molar-refractivity contribution >= 4 is 6.09 Å². The first kappa shape index (κ1) is 10.2. The van der Waals surface area contributed by atoms with Gasteiger partial charge in [0.2, 0.25) is 0 Å². The van der Waals surface area contributed by atoms with E-state index in [0.717, 1.165) is 5.69 Å². The molecule has 0 unspecified atom stereocenters. The summed E-state index contributed by atoms with van der Waals surface area (Å²) in [6, 6.07) is 3.24. The van der Waals surface area contributed by atoms with Crippen LogP contribution in [0.15, 0.2) is 10.9 Å². The summed E-state index contributed by atoms with van der Waals surface area (Å²) in [4.78, 5) is 26.0. The molecule has 0 bridgehead atoms. The summed E-state index contributed by atoms with van der Waals surface area (Å²) in [5.41, 5.74) is 1.03. The molecule has 0 aromatic carbocycles. The summed E-state index contributed by atoms with van der Waals surface area (Å²) in [7, 11) is 0. The predicted octanol–water partition coefficient (Wildman–Crippen LogP) is 0.283. The first-order valence-corrected chi connectivity index (χ1v) is 4.75. The van der Waals surface area contributed by atoms with Gasteiger partial charge in [0.15, 0.2) is 0 Å². The fraction of sp³-hybridized carbons (Fsp3) is 0.300. The maximum absolute atomic E-state index is 11.3. The van der Waals surface area contributed by atoms with E-state index in [4.69, 9.17) is 10.4 Å². The molecule has 1 aromatic heterocycles. The molecule has 0 saturated carbocycles. The van der Waals surface area contributed by atoms with Crippen LogP contribution in [0.5, 0.6) is 0 Å². The molecule has 0 spiro atoms. The summed E-state index contributed by atoms with van der Waals surface area (Å²) < 4.78 is 0. The van der Waals surface area contributed by atoms with E-state index in [-0.39, 0.29) is 12.1 Å². The summed E-state index contributed by atoms with van der Waals surface area (Å²) >= 11 is 0. The molecule has 2 heterocycles. The summed E-state index contributed by atoms with van der Waals surface area (Å²) in [5.74, 6) is 0. The van der Waals surface area contributed by atoms with Crippen LogP contribution in [0.4, 0.5) is 4.79 Å². The van der Waals surface area contributed by atoms with Gasteiger partial charge in [0.05, 0.1) is 6.54 Å². The number of aromatic nitrogens is 1. The number of nitrogens with one attached hydrogen (secondary N) is 1. The molecule has 1 amide bonds. The molecule has 1 aromatic rings. The molecule has 6 heteroatoms. The van der Waals surface area contributed by atoms with Crippen LogP contribution in [0.1, 0.15) is 16.8 Å². The lowest BCUT2D eigenvalue weighted by Gasteiger charge is -2.25. The lowest BCUT2D eigenvalue weighted by Crippen LogP contribution is -2.36. The molecular formula is C10H9N3O3. The van der Waals surface area contributed by atoms with Crippen molar-refractivity contribution in [3.63, 3.8) is 0 Å². The Labute approximate surface area is 90.7 Å². The van der Waals surface area contributed by atoms with Crippen LogP contribution in [-0.2, 0) is 13.0 Å². The van der Waals surface area contributed by atoms with Gasteiger partial charge in [-0.25, -0.2) is 4.79 Å². The zero-order valence-electron chi connectivity index (χ0n) is 8.36. The molecule has 2 N–H and O–H groups in total. The highest BCUT2D eigenvalue weighted by atomic mass is 16.4. The highest BCUT2D eigenvalue weighted by Crippen LogP contribution is 2.16. The van der Waals surface area contributed by atoms with E-state index in [1.165, 1.54) is 11.0 Å². The van der Waals surface area contributed by atoms with Gasteiger partial charge in [0.1, 0.15) is 11.6 Å². The van der Waals surface area contributed by atoms with Gasteiger partial charge < -0.3 is 15.0 Å². The topological polar surface area (TPSA) is 97.2 Å². The largest absolute Gasteiger partial charge is 0.465 e. The Balaban J connectivity index is 2.42. The SMILES string of the molecule is N#Cc1cc2c([nH]c1=O)CCN(C(=O)O)C2. The second-order valence-corrected chi connectivity index (χ2v) is 3.58. The molecule has 6 nitrogen and oxygen atoms in total. The quantitative estimate of drug-likeness (QED) is 0.655. The standard InChI is InChI=1S/C10H9N3O3/c11-4-6-3-7-5-13(10(15)16)2-1-8(7)12-9(6)14/h3H,1-2,5H2,(H,12,14)(H,15,16). The first-order chi connectivity index (χ1) is 7.61. The van der Waals surface area contributed by atoms with Gasteiger partial charge in [-0.2, -0.15) is 5.26 Å². The predicted molar refractivity (Wildman–Crippen MR) is 53.9 cm³/mol. The molecule has 0 saturated heterocycles. The normalized spacial score (nSPS) is 14.1. The highest BCUT2D eigenvalue weighted by molar-refractivity contribution is 5.65. The van der Waals surface area contributed by atoms with Gasteiger partial charge in [0.25, 0.3) is 5.56 Å². The molecule has 0 atom stereocenters. The molecule has 0 aliphatic carbocycles. The number of aromatic amines is 1. The van der Waals surface area contributed by atoms with Gasteiger partial charge in [-0.15, -0.1) is 0 Å². The second-order valence-electron chi connectivity index (χ2n) is 3.58. The molecule has 0 fully saturated rings. The first-order valence-electron chi connectivity index (χ1n) is 4.75. The smallest absolute Gasteiger partial charge is 0.407 e. The molecule has 1 aliphatic heterocycles. The Morgan fingerprint density at radius 3 is 3.00 bits per heavy atom. The Bertz CT molecular complexity index is 541. The number of pyridine rings is 1. The van der Waals surface area contributed by atoms with Crippen molar-refractivity contribution in [2.75, 3.05) is 6.54 Å². The zero-order valence-corrected chi connectivity index (χ0v) is 8.36. The van der Waals surface area contributed by atoms with Gasteiger partial charge in [-0.3, -0.25) is 4.79 Å². The van der Waals surface area contributed by atoms with Crippen molar-refractivity contribution in [2.24, 2.45) is 0 Å². The molecule has 2 rings (SSSR count). The number of amides is 1. The van der Waals surface area contributed by atoms with Crippen LogP contribution in [0.2, 0.25) is 0 Å². The minimum Gasteiger partial charge on any atom is -0.465 e. The van der Waals surface area contributed by atoms with E-state index < -0.39 is 11.7 Å². The Hall–Kier alpha value is -2.29. The monoisotopic (exact) mass is 219 g/mol. The average molecular weight is 219 g/mol. The van der Waals surface area contributed by atoms with Crippen molar-refractivity contribution in [3.8, 4) is 6.07 Å². The fourth-order valence-electron chi connectivity index (χ4n) is 1.75. The number of fused-ring (bicyclic) bond motifs is 1. The highest BCUT2D eigenvalue weighted by Gasteiger charge is 2.21. The van der Waals surface area contributed by atoms with Crippen LogP contribution >= 0.6 is 0 Å². The van der Waals surface area contributed by atoms with E-state index >= 15 is 0 Å². The van der Waals surface area contributed by atoms with Gasteiger partial charge >= 0.3 is 6.09 Å². The number of hydrogen-bond donors (Lipinski definition) is 2. The third-order valence-corrected chi connectivity index (χ3v) is 2.60. The Morgan fingerprint density at radius 1 is 1.62 bits per heavy atom. The number of carboxylic acid groups (broad SMARTS) is 1. The number of H-pyrrole nitrogens is 1. The summed E-state index contributed by atoms with van der Waals surface area (Å²) in [5, 5.41) is 17.5. The van der Waals surface area contributed by atoms with E-state index in [1.807, 2.05) is 0 Å². The Morgan fingerprint density at radius 2 is 2.38 bits per heavy atom. The molecule has 82 valence electrons. The number of carbonyl (C=O) groups is 1. The van der Waals surface area contributed by atoms with Gasteiger partial charge in [0, 0.05) is 18.7 Å². The maximum Gasteiger partial charge on any atom is 0.407 e. The number of nitrogens with zero attached hydrogens (tertiary/aromatic N) is 2. The third-order valence-electron chi connectivity index (χ3n) is 2.60. The number of rotatable bonds is 0. The second kappa shape index (κ2) is 3.70. The van der Waals surface area contributed by atoms with Crippen molar-refractivity contribution in [2.45, 2.75) is 13.0 Å². The van der Waals surface area contributed by atoms with Crippen molar-refractivity contribution in [1.82, 2.24) is 9.88 Å².